The molecule has 1 saturated carbocycles. The number of hydrogen-bond donors (Lipinski definition) is 1. The number of rotatable bonds is 2. The van der Waals surface area contributed by atoms with Crippen LogP contribution in [0.2, 0.25) is 10.0 Å². The van der Waals surface area contributed by atoms with Crippen molar-refractivity contribution in [3.05, 3.63) is 28.2 Å². The molecule has 0 aliphatic heterocycles. The first-order valence-corrected chi connectivity index (χ1v) is 7.16. The van der Waals surface area contributed by atoms with Crippen molar-refractivity contribution >= 4 is 35.0 Å². The van der Waals surface area contributed by atoms with Gasteiger partial charge in [-0.25, -0.2) is 0 Å². The second kappa shape index (κ2) is 5.63. The van der Waals surface area contributed by atoms with Crippen LogP contribution >= 0.6 is 35.0 Å². The molecule has 0 heterocycles. The van der Waals surface area contributed by atoms with E-state index in [4.69, 9.17) is 28.9 Å². The Labute approximate surface area is 111 Å². The van der Waals surface area contributed by atoms with Gasteiger partial charge in [-0.3, -0.25) is 0 Å². The van der Waals surface area contributed by atoms with Crippen LogP contribution in [-0.2, 0) is 0 Å². The zero-order chi connectivity index (χ0) is 11.5. The van der Waals surface area contributed by atoms with Crippen molar-refractivity contribution in [2.75, 3.05) is 0 Å². The van der Waals surface area contributed by atoms with Crippen LogP contribution in [0.3, 0.4) is 0 Å². The van der Waals surface area contributed by atoms with Gasteiger partial charge in [0.1, 0.15) is 0 Å². The highest BCUT2D eigenvalue weighted by atomic mass is 35.5. The first kappa shape index (κ1) is 12.6. The molecule has 1 aliphatic rings. The molecule has 1 aromatic rings. The Hall–Kier alpha value is 0.110. The van der Waals surface area contributed by atoms with E-state index in [-0.39, 0.29) is 0 Å². The van der Waals surface area contributed by atoms with E-state index in [1.54, 1.807) is 0 Å². The SMILES string of the molecule is NC1CCCC(Sc2ccc(Cl)c(Cl)c2)C1. The third kappa shape index (κ3) is 3.30. The molecule has 16 heavy (non-hydrogen) atoms. The minimum atomic E-state index is 0.369. The number of benzene rings is 1. The highest BCUT2D eigenvalue weighted by Crippen LogP contribution is 2.35. The first-order chi connectivity index (χ1) is 7.65. The molecule has 0 amide bonds. The van der Waals surface area contributed by atoms with Gasteiger partial charge in [-0.2, -0.15) is 0 Å². The van der Waals surface area contributed by atoms with E-state index in [1.807, 2.05) is 30.0 Å². The van der Waals surface area contributed by atoms with Crippen molar-refractivity contribution < 1.29 is 0 Å². The van der Waals surface area contributed by atoms with Gasteiger partial charge < -0.3 is 5.73 Å². The van der Waals surface area contributed by atoms with Crippen molar-refractivity contribution in [3.8, 4) is 0 Å². The van der Waals surface area contributed by atoms with Crippen LogP contribution < -0.4 is 5.73 Å². The van der Waals surface area contributed by atoms with Gasteiger partial charge in [0, 0.05) is 16.2 Å². The van der Waals surface area contributed by atoms with Crippen molar-refractivity contribution in [1.29, 1.82) is 0 Å². The zero-order valence-corrected chi connectivity index (χ0v) is 11.3. The second-order valence-electron chi connectivity index (χ2n) is 4.24. The van der Waals surface area contributed by atoms with Gasteiger partial charge in [0.25, 0.3) is 0 Å². The van der Waals surface area contributed by atoms with Crippen molar-refractivity contribution in [1.82, 2.24) is 0 Å². The molecular weight excluding hydrogens is 261 g/mol. The molecule has 2 N–H and O–H groups in total. The third-order valence-electron chi connectivity index (χ3n) is 2.86. The fraction of sp³-hybridized carbons (Fsp3) is 0.500. The van der Waals surface area contributed by atoms with Crippen LogP contribution in [0.5, 0.6) is 0 Å². The lowest BCUT2D eigenvalue weighted by atomic mass is 9.96. The Morgan fingerprint density at radius 2 is 2.00 bits per heavy atom. The van der Waals surface area contributed by atoms with Crippen molar-refractivity contribution in [2.24, 2.45) is 5.73 Å². The Balaban J connectivity index is 2.00. The van der Waals surface area contributed by atoms with Crippen LogP contribution in [0, 0.1) is 0 Å². The van der Waals surface area contributed by atoms with Gasteiger partial charge in [0.05, 0.1) is 10.0 Å². The molecular formula is C12H15Cl2NS. The highest BCUT2D eigenvalue weighted by Gasteiger charge is 2.20. The maximum atomic E-state index is 5.99. The van der Waals surface area contributed by atoms with Gasteiger partial charge in [-0.1, -0.05) is 29.6 Å². The van der Waals surface area contributed by atoms with E-state index < -0.39 is 0 Å². The van der Waals surface area contributed by atoms with E-state index >= 15 is 0 Å². The van der Waals surface area contributed by atoms with E-state index in [9.17, 15) is 0 Å². The van der Waals surface area contributed by atoms with Crippen LogP contribution in [-0.4, -0.2) is 11.3 Å². The van der Waals surface area contributed by atoms with Gasteiger partial charge in [0.2, 0.25) is 0 Å². The Morgan fingerprint density at radius 3 is 2.69 bits per heavy atom. The summed E-state index contributed by atoms with van der Waals surface area (Å²) in [5.74, 6) is 0. The largest absolute Gasteiger partial charge is 0.328 e. The summed E-state index contributed by atoms with van der Waals surface area (Å²) in [5, 5.41) is 1.87. The van der Waals surface area contributed by atoms with Crippen molar-refractivity contribution in [3.63, 3.8) is 0 Å². The average molecular weight is 276 g/mol. The molecule has 0 saturated heterocycles. The molecule has 0 aromatic heterocycles. The Bertz CT molecular complexity index is 370. The molecule has 88 valence electrons. The van der Waals surface area contributed by atoms with Crippen LogP contribution in [0.25, 0.3) is 0 Å². The molecule has 0 spiro atoms. The normalized spacial score (nSPS) is 25.7. The molecule has 1 fully saturated rings. The van der Waals surface area contributed by atoms with Gasteiger partial charge in [-0.15, -0.1) is 11.8 Å². The number of halogens is 2. The molecule has 0 bridgehead atoms. The van der Waals surface area contributed by atoms with E-state index in [0.717, 1.165) is 6.42 Å². The Kier molecular flexibility index (Phi) is 4.42. The molecule has 4 heteroatoms. The average Bonchev–Trinajstić information content (AvgIpc) is 2.24. The topological polar surface area (TPSA) is 26.0 Å². The summed E-state index contributed by atoms with van der Waals surface area (Å²) in [6.45, 7) is 0. The number of thioether (sulfide) groups is 1. The molecule has 1 aliphatic carbocycles. The lowest BCUT2D eigenvalue weighted by Gasteiger charge is -2.26. The summed E-state index contributed by atoms with van der Waals surface area (Å²) in [6, 6.07) is 6.19. The van der Waals surface area contributed by atoms with Gasteiger partial charge in [-0.05, 0) is 37.5 Å². The monoisotopic (exact) mass is 275 g/mol. The van der Waals surface area contributed by atoms with Crippen LogP contribution in [0.1, 0.15) is 25.7 Å². The molecule has 2 rings (SSSR count). The smallest absolute Gasteiger partial charge is 0.0603 e. The summed E-state index contributed by atoms with van der Waals surface area (Å²) in [4.78, 5) is 1.19. The number of nitrogens with two attached hydrogens (primary N) is 1. The lowest BCUT2D eigenvalue weighted by Crippen LogP contribution is -2.29. The summed E-state index contributed by atoms with van der Waals surface area (Å²) < 4.78 is 0. The zero-order valence-electron chi connectivity index (χ0n) is 8.96. The predicted octanol–water partition coefficient (Wildman–Crippen LogP) is 4.36. The van der Waals surface area contributed by atoms with Gasteiger partial charge >= 0.3 is 0 Å². The first-order valence-electron chi connectivity index (χ1n) is 5.52. The van der Waals surface area contributed by atoms with Crippen molar-refractivity contribution in [2.45, 2.75) is 41.9 Å². The fourth-order valence-electron chi connectivity index (χ4n) is 2.03. The summed E-state index contributed by atoms with van der Waals surface area (Å²) in [5.41, 5.74) is 5.97. The fourth-order valence-corrected chi connectivity index (χ4v) is 3.74. The van der Waals surface area contributed by atoms with E-state index in [0.29, 0.717) is 21.3 Å². The summed E-state index contributed by atoms with van der Waals surface area (Å²) in [7, 11) is 0. The Morgan fingerprint density at radius 1 is 1.19 bits per heavy atom. The minimum Gasteiger partial charge on any atom is -0.328 e. The summed E-state index contributed by atoms with van der Waals surface area (Å²) in [6.07, 6.45) is 4.75. The quantitative estimate of drug-likeness (QED) is 0.868. The number of hydrogen-bond acceptors (Lipinski definition) is 2. The van der Waals surface area contributed by atoms with Crippen LogP contribution in [0.4, 0.5) is 0 Å². The summed E-state index contributed by atoms with van der Waals surface area (Å²) >= 11 is 13.7. The third-order valence-corrected chi connectivity index (χ3v) is 4.89. The molecule has 1 nitrogen and oxygen atoms in total. The van der Waals surface area contributed by atoms with E-state index in [1.165, 1.54) is 24.2 Å². The molecule has 1 aromatic carbocycles. The second-order valence-corrected chi connectivity index (χ2v) is 6.43. The van der Waals surface area contributed by atoms with Crippen LogP contribution in [0.15, 0.2) is 23.1 Å². The lowest BCUT2D eigenvalue weighted by molar-refractivity contribution is 0.451. The maximum Gasteiger partial charge on any atom is 0.0603 e. The van der Waals surface area contributed by atoms with Gasteiger partial charge in [0.15, 0.2) is 0 Å². The standard InChI is InChI=1S/C12H15Cl2NS/c13-11-5-4-10(7-12(11)14)16-9-3-1-2-8(15)6-9/h4-5,7-9H,1-3,6,15H2. The molecule has 0 radical (unpaired) electrons. The minimum absolute atomic E-state index is 0.369. The van der Waals surface area contributed by atoms with E-state index in [2.05, 4.69) is 0 Å². The maximum absolute atomic E-state index is 5.99. The molecule has 2 atom stereocenters. The highest BCUT2D eigenvalue weighted by molar-refractivity contribution is 8.00. The molecule has 2 unspecified atom stereocenters. The predicted molar refractivity (Wildman–Crippen MR) is 72.6 cm³/mol.